The highest BCUT2D eigenvalue weighted by atomic mass is 16.1. The van der Waals surface area contributed by atoms with Crippen molar-refractivity contribution in [3.8, 4) is 0 Å². The SMILES string of the molecule is CCC(=O)c1cccc2c1CC=C2C. The maximum absolute atomic E-state index is 11.7. The normalized spacial score (nSPS) is 13.7. The Bertz CT molecular complexity index is 413. The van der Waals surface area contributed by atoms with Crippen molar-refractivity contribution in [3.05, 3.63) is 41.0 Å². The van der Waals surface area contributed by atoms with Gasteiger partial charge in [-0.3, -0.25) is 4.79 Å². The average Bonchev–Trinajstić information content (AvgIpc) is 2.59. The first-order valence-electron chi connectivity index (χ1n) is 5.06. The molecule has 0 spiro atoms. The first-order valence-corrected chi connectivity index (χ1v) is 5.06. The van der Waals surface area contributed by atoms with Crippen LogP contribution in [0.3, 0.4) is 0 Å². The molecule has 1 nitrogen and oxygen atoms in total. The van der Waals surface area contributed by atoms with Crippen molar-refractivity contribution in [1.29, 1.82) is 0 Å². The van der Waals surface area contributed by atoms with Crippen molar-refractivity contribution in [2.24, 2.45) is 0 Å². The summed E-state index contributed by atoms with van der Waals surface area (Å²) in [7, 11) is 0. The molecule has 14 heavy (non-hydrogen) atoms. The number of fused-ring (bicyclic) bond motifs is 1. The average molecular weight is 186 g/mol. The molecule has 0 bridgehead atoms. The summed E-state index contributed by atoms with van der Waals surface area (Å²) in [5.41, 5.74) is 4.69. The third-order valence-corrected chi connectivity index (χ3v) is 2.83. The van der Waals surface area contributed by atoms with E-state index in [1.807, 2.05) is 19.1 Å². The quantitative estimate of drug-likeness (QED) is 0.648. The summed E-state index contributed by atoms with van der Waals surface area (Å²) in [6.07, 6.45) is 3.70. The molecule has 0 saturated carbocycles. The van der Waals surface area contributed by atoms with E-state index < -0.39 is 0 Å². The Morgan fingerprint density at radius 3 is 2.93 bits per heavy atom. The molecule has 0 fully saturated rings. The molecule has 1 heteroatoms. The Morgan fingerprint density at radius 2 is 2.21 bits per heavy atom. The molecule has 1 aliphatic carbocycles. The molecule has 1 aromatic carbocycles. The van der Waals surface area contributed by atoms with E-state index in [0.717, 1.165) is 12.0 Å². The van der Waals surface area contributed by atoms with E-state index in [1.54, 1.807) is 0 Å². The summed E-state index contributed by atoms with van der Waals surface area (Å²) in [5.74, 6) is 0.255. The van der Waals surface area contributed by atoms with Gasteiger partial charge in [0.2, 0.25) is 0 Å². The Kier molecular flexibility index (Phi) is 2.24. The number of Topliss-reactive ketones (excluding diaryl/α,β-unsaturated/α-hetero) is 1. The summed E-state index contributed by atoms with van der Waals surface area (Å²) in [6, 6.07) is 6.02. The largest absolute Gasteiger partial charge is 0.294 e. The summed E-state index contributed by atoms with van der Waals surface area (Å²) in [4.78, 5) is 11.7. The molecule has 0 aliphatic heterocycles. The highest BCUT2D eigenvalue weighted by molar-refractivity contribution is 5.99. The van der Waals surface area contributed by atoms with Crippen LogP contribution in [0, 0.1) is 0 Å². The zero-order chi connectivity index (χ0) is 10.1. The zero-order valence-corrected chi connectivity index (χ0v) is 8.63. The second-order valence-electron chi connectivity index (χ2n) is 3.70. The monoisotopic (exact) mass is 186 g/mol. The van der Waals surface area contributed by atoms with Crippen molar-refractivity contribution in [2.45, 2.75) is 26.7 Å². The van der Waals surface area contributed by atoms with Crippen LogP contribution in [0.15, 0.2) is 24.3 Å². The fraction of sp³-hybridized carbons (Fsp3) is 0.308. The Morgan fingerprint density at radius 1 is 1.43 bits per heavy atom. The lowest BCUT2D eigenvalue weighted by Crippen LogP contribution is -2.02. The van der Waals surface area contributed by atoms with E-state index >= 15 is 0 Å². The van der Waals surface area contributed by atoms with Gasteiger partial charge in [-0.25, -0.2) is 0 Å². The molecule has 0 unspecified atom stereocenters. The molecule has 2 rings (SSSR count). The lowest BCUT2D eigenvalue weighted by Gasteiger charge is -2.06. The van der Waals surface area contributed by atoms with Crippen LogP contribution in [-0.4, -0.2) is 5.78 Å². The first-order chi connectivity index (χ1) is 6.74. The fourth-order valence-corrected chi connectivity index (χ4v) is 1.99. The zero-order valence-electron chi connectivity index (χ0n) is 8.63. The van der Waals surface area contributed by atoms with Crippen LogP contribution in [-0.2, 0) is 6.42 Å². The number of hydrogen-bond acceptors (Lipinski definition) is 1. The number of rotatable bonds is 2. The summed E-state index contributed by atoms with van der Waals surface area (Å²) >= 11 is 0. The number of carbonyl (C=O) groups excluding carboxylic acids is 1. The maximum atomic E-state index is 11.7. The third kappa shape index (κ3) is 1.29. The van der Waals surface area contributed by atoms with Gasteiger partial charge in [-0.2, -0.15) is 0 Å². The Labute approximate surface area is 84.5 Å². The number of allylic oxidation sites excluding steroid dienone is 2. The van der Waals surface area contributed by atoms with E-state index in [0.29, 0.717) is 6.42 Å². The molecule has 0 amide bonds. The molecule has 1 aliphatic rings. The second kappa shape index (κ2) is 3.41. The highest BCUT2D eigenvalue weighted by Crippen LogP contribution is 2.29. The highest BCUT2D eigenvalue weighted by Gasteiger charge is 2.16. The molecule has 0 heterocycles. The third-order valence-electron chi connectivity index (χ3n) is 2.83. The molecule has 0 aromatic heterocycles. The van der Waals surface area contributed by atoms with Crippen molar-refractivity contribution in [1.82, 2.24) is 0 Å². The number of carbonyl (C=O) groups is 1. The van der Waals surface area contributed by atoms with Crippen molar-refractivity contribution >= 4 is 11.4 Å². The predicted molar refractivity (Wildman–Crippen MR) is 58.4 cm³/mol. The molecule has 1 aromatic rings. The predicted octanol–water partition coefficient (Wildman–Crippen LogP) is 3.24. The van der Waals surface area contributed by atoms with E-state index in [4.69, 9.17) is 0 Å². The van der Waals surface area contributed by atoms with Gasteiger partial charge in [0.15, 0.2) is 5.78 Å². The topological polar surface area (TPSA) is 17.1 Å². The first kappa shape index (κ1) is 9.20. The van der Waals surface area contributed by atoms with Gasteiger partial charge in [-0.05, 0) is 30.0 Å². The van der Waals surface area contributed by atoms with Gasteiger partial charge in [-0.15, -0.1) is 0 Å². The Hall–Kier alpha value is -1.37. The number of benzene rings is 1. The molecule has 0 atom stereocenters. The van der Waals surface area contributed by atoms with Gasteiger partial charge in [0.05, 0.1) is 0 Å². The van der Waals surface area contributed by atoms with Crippen molar-refractivity contribution in [3.63, 3.8) is 0 Å². The van der Waals surface area contributed by atoms with Crippen LogP contribution in [0.5, 0.6) is 0 Å². The maximum Gasteiger partial charge on any atom is 0.162 e. The van der Waals surface area contributed by atoms with Gasteiger partial charge >= 0.3 is 0 Å². The summed E-state index contributed by atoms with van der Waals surface area (Å²) < 4.78 is 0. The molecule has 0 radical (unpaired) electrons. The minimum absolute atomic E-state index is 0.255. The van der Waals surface area contributed by atoms with Crippen LogP contribution in [0.25, 0.3) is 5.57 Å². The van der Waals surface area contributed by atoms with Crippen LogP contribution >= 0.6 is 0 Å². The van der Waals surface area contributed by atoms with Crippen LogP contribution < -0.4 is 0 Å². The van der Waals surface area contributed by atoms with E-state index in [9.17, 15) is 4.79 Å². The van der Waals surface area contributed by atoms with Crippen LogP contribution in [0.2, 0.25) is 0 Å². The number of hydrogen-bond donors (Lipinski definition) is 0. The van der Waals surface area contributed by atoms with E-state index in [1.165, 1.54) is 16.7 Å². The second-order valence-corrected chi connectivity index (χ2v) is 3.70. The molecule has 72 valence electrons. The van der Waals surface area contributed by atoms with Gasteiger partial charge in [-0.1, -0.05) is 31.2 Å². The molecular weight excluding hydrogens is 172 g/mol. The van der Waals surface area contributed by atoms with E-state index in [-0.39, 0.29) is 5.78 Å². The van der Waals surface area contributed by atoms with Crippen molar-refractivity contribution < 1.29 is 4.79 Å². The van der Waals surface area contributed by atoms with Crippen LogP contribution in [0.1, 0.15) is 41.8 Å². The van der Waals surface area contributed by atoms with Gasteiger partial charge in [0.1, 0.15) is 0 Å². The fourth-order valence-electron chi connectivity index (χ4n) is 1.99. The standard InChI is InChI=1S/C13H14O/c1-3-13(14)12-6-4-5-10-9(2)7-8-11(10)12/h4-7H,3,8H2,1-2H3. The lowest BCUT2D eigenvalue weighted by molar-refractivity contribution is 0.0987. The van der Waals surface area contributed by atoms with Crippen LogP contribution in [0.4, 0.5) is 0 Å². The van der Waals surface area contributed by atoms with E-state index in [2.05, 4.69) is 19.1 Å². The lowest BCUT2D eigenvalue weighted by atomic mass is 9.97. The smallest absolute Gasteiger partial charge is 0.162 e. The summed E-state index contributed by atoms with van der Waals surface area (Å²) in [5, 5.41) is 0. The minimum Gasteiger partial charge on any atom is -0.294 e. The molecular formula is C13H14O. The van der Waals surface area contributed by atoms with Gasteiger partial charge < -0.3 is 0 Å². The van der Waals surface area contributed by atoms with Gasteiger partial charge in [0, 0.05) is 12.0 Å². The van der Waals surface area contributed by atoms with Crippen molar-refractivity contribution in [2.75, 3.05) is 0 Å². The molecule has 0 saturated heterocycles. The van der Waals surface area contributed by atoms with Gasteiger partial charge in [0.25, 0.3) is 0 Å². The Balaban J connectivity index is 2.52. The summed E-state index contributed by atoms with van der Waals surface area (Å²) in [6.45, 7) is 4.02. The molecule has 0 N–H and O–H groups in total. The number of ketones is 1. The minimum atomic E-state index is 0.255.